The number of rotatable bonds is 4. The predicted molar refractivity (Wildman–Crippen MR) is 114 cm³/mol. The van der Waals surface area contributed by atoms with Gasteiger partial charge in [0.15, 0.2) is 6.10 Å². The van der Waals surface area contributed by atoms with Crippen LogP contribution in [0.25, 0.3) is 0 Å². The zero-order chi connectivity index (χ0) is 21.5. The average Bonchev–Trinajstić information content (AvgIpc) is 3.31. The molecule has 2 aliphatic rings. The minimum Gasteiger partial charge on any atom is -0.508 e. The van der Waals surface area contributed by atoms with Crippen LogP contribution in [0.15, 0.2) is 78.9 Å². The molecule has 0 aliphatic carbocycles. The molecule has 2 saturated heterocycles. The molecule has 1 N–H and O–H groups in total. The summed E-state index contributed by atoms with van der Waals surface area (Å²) in [6.07, 6.45) is -0.997. The number of aromatic hydroxyl groups is 1. The van der Waals surface area contributed by atoms with Crippen LogP contribution in [0.4, 0.5) is 11.4 Å². The fraction of sp³-hybridized carbons (Fsp3) is 0.167. The fourth-order valence-electron chi connectivity index (χ4n) is 4.27. The van der Waals surface area contributed by atoms with Crippen LogP contribution in [0.3, 0.4) is 0 Å². The third-order valence-corrected chi connectivity index (χ3v) is 5.69. The highest BCUT2D eigenvalue weighted by atomic mass is 16.7. The molecule has 0 bridgehead atoms. The number of para-hydroxylation sites is 2. The molecule has 0 saturated carbocycles. The maximum atomic E-state index is 13.5. The second kappa shape index (κ2) is 7.45. The number of amides is 2. The van der Waals surface area contributed by atoms with Gasteiger partial charge in [0, 0.05) is 11.6 Å². The van der Waals surface area contributed by atoms with E-state index in [1.165, 1.54) is 7.11 Å². The number of carbonyl (C=O) groups is 2. The highest BCUT2D eigenvalue weighted by Crippen LogP contribution is 2.49. The Morgan fingerprint density at radius 3 is 2.32 bits per heavy atom. The number of hydrogen-bond donors (Lipinski definition) is 1. The van der Waals surface area contributed by atoms with Gasteiger partial charge in [0.2, 0.25) is 5.91 Å². The van der Waals surface area contributed by atoms with Crippen molar-refractivity contribution in [1.82, 2.24) is 0 Å². The second-order valence-electron chi connectivity index (χ2n) is 7.43. The van der Waals surface area contributed by atoms with Crippen LogP contribution >= 0.6 is 0 Å². The molecule has 3 aromatic carbocycles. The Morgan fingerprint density at radius 1 is 0.871 bits per heavy atom. The molecular formula is C24H20N2O5. The number of phenols is 1. The summed E-state index contributed by atoms with van der Waals surface area (Å²) in [5.41, 5.74) is 1.64. The number of carbonyl (C=O) groups excluding carboxylic acids is 2. The molecular weight excluding hydrogens is 396 g/mol. The van der Waals surface area contributed by atoms with Crippen LogP contribution in [0.2, 0.25) is 0 Å². The molecule has 2 aliphatic heterocycles. The molecule has 31 heavy (non-hydrogen) atoms. The molecule has 2 heterocycles. The number of ether oxygens (including phenoxy) is 1. The van der Waals surface area contributed by atoms with Gasteiger partial charge >= 0.3 is 0 Å². The molecule has 0 aromatic heterocycles. The van der Waals surface area contributed by atoms with E-state index in [0.717, 1.165) is 4.90 Å². The quantitative estimate of drug-likeness (QED) is 0.657. The summed E-state index contributed by atoms with van der Waals surface area (Å²) in [5.74, 6) is -1.05. The van der Waals surface area contributed by atoms with Gasteiger partial charge in [-0.15, -0.1) is 0 Å². The Balaban J connectivity index is 1.60. The summed E-state index contributed by atoms with van der Waals surface area (Å²) < 4.78 is 5.24. The molecule has 0 radical (unpaired) electrons. The van der Waals surface area contributed by atoms with Crippen molar-refractivity contribution in [2.75, 3.05) is 17.1 Å². The number of hydrogen-bond acceptors (Lipinski definition) is 6. The third kappa shape index (κ3) is 3.02. The molecule has 7 heteroatoms. The van der Waals surface area contributed by atoms with Gasteiger partial charge < -0.3 is 9.84 Å². The van der Waals surface area contributed by atoms with Crippen molar-refractivity contribution < 1.29 is 24.3 Å². The third-order valence-electron chi connectivity index (χ3n) is 5.69. The Bertz CT molecular complexity index is 1150. The van der Waals surface area contributed by atoms with Crippen molar-refractivity contribution in [2.24, 2.45) is 5.92 Å². The Labute approximate surface area is 179 Å². The summed E-state index contributed by atoms with van der Waals surface area (Å²) in [7, 11) is 1.52. The van der Waals surface area contributed by atoms with Crippen LogP contribution in [0.1, 0.15) is 11.6 Å². The molecule has 3 atom stereocenters. The molecule has 0 unspecified atom stereocenters. The van der Waals surface area contributed by atoms with Gasteiger partial charge in [-0.3, -0.25) is 14.4 Å². The Hall–Kier alpha value is -3.84. The summed E-state index contributed by atoms with van der Waals surface area (Å²) in [4.78, 5) is 34.0. The van der Waals surface area contributed by atoms with Crippen molar-refractivity contribution in [2.45, 2.75) is 12.1 Å². The SMILES string of the molecule is COc1cccc(N2C(=O)[C@H]3[C@@H](c4ccccc4O)N(c4ccccc4)O[C@H]3C2=O)c1. The van der Waals surface area contributed by atoms with Gasteiger partial charge in [-0.2, -0.15) is 0 Å². The standard InChI is InChI=1S/C24H20N2O5/c1-30-17-11-7-10-16(14-17)25-23(28)20-21(18-12-5-6-13-19(18)27)26(31-22(20)24(25)29)15-8-3-2-4-9-15/h2-14,20-22,27H,1H3/t20-,21+,22+/m0/s1. The van der Waals surface area contributed by atoms with E-state index >= 15 is 0 Å². The van der Waals surface area contributed by atoms with Crippen molar-refractivity contribution in [1.29, 1.82) is 0 Å². The Kier molecular flexibility index (Phi) is 4.60. The first-order valence-corrected chi connectivity index (χ1v) is 9.91. The number of phenolic OH excluding ortho intramolecular Hbond substituents is 1. The summed E-state index contributed by atoms with van der Waals surface area (Å²) in [6, 6.07) is 22.2. The van der Waals surface area contributed by atoms with Crippen LogP contribution < -0.4 is 14.7 Å². The van der Waals surface area contributed by atoms with Gasteiger partial charge in [-0.25, -0.2) is 9.96 Å². The number of methoxy groups -OCH3 is 1. The predicted octanol–water partition coefficient (Wildman–Crippen LogP) is 3.45. The zero-order valence-corrected chi connectivity index (χ0v) is 16.7. The van der Waals surface area contributed by atoms with Crippen LogP contribution in [0.5, 0.6) is 11.5 Å². The lowest BCUT2D eigenvalue weighted by Crippen LogP contribution is -2.37. The monoisotopic (exact) mass is 416 g/mol. The molecule has 2 fully saturated rings. The van der Waals surface area contributed by atoms with Crippen molar-refractivity contribution in [3.63, 3.8) is 0 Å². The molecule has 7 nitrogen and oxygen atoms in total. The topological polar surface area (TPSA) is 79.3 Å². The average molecular weight is 416 g/mol. The maximum absolute atomic E-state index is 13.5. The fourth-order valence-corrected chi connectivity index (χ4v) is 4.27. The normalized spacial score (nSPS) is 22.7. The first kappa shape index (κ1) is 19.1. The maximum Gasteiger partial charge on any atom is 0.266 e. The molecule has 0 spiro atoms. The van der Waals surface area contributed by atoms with E-state index in [2.05, 4.69) is 0 Å². The highest BCUT2D eigenvalue weighted by Gasteiger charge is 2.60. The molecule has 2 amide bonds. The lowest BCUT2D eigenvalue weighted by atomic mass is 9.90. The van der Waals surface area contributed by atoms with Gasteiger partial charge in [0.25, 0.3) is 5.91 Å². The second-order valence-corrected chi connectivity index (χ2v) is 7.43. The van der Waals surface area contributed by atoms with E-state index in [-0.39, 0.29) is 11.7 Å². The van der Waals surface area contributed by atoms with Gasteiger partial charge in [-0.05, 0) is 30.3 Å². The summed E-state index contributed by atoms with van der Waals surface area (Å²) in [5, 5.41) is 12.1. The molecule has 156 valence electrons. The van der Waals surface area contributed by atoms with E-state index in [9.17, 15) is 14.7 Å². The summed E-state index contributed by atoms with van der Waals surface area (Å²) in [6.45, 7) is 0. The first-order valence-electron chi connectivity index (χ1n) is 9.91. The lowest BCUT2D eigenvalue weighted by Gasteiger charge is -2.29. The Morgan fingerprint density at radius 2 is 1.58 bits per heavy atom. The van der Waals surface area contributed by atoms with E-state index in [1.807, 2.05) is 30.3 Å². The van der Waals surface area contributed by atoms with Crippen LogP contribution in [0, 0.1) is 5.92 Å². The van der Waals surface area contributed by atoms with Crippen LogP contribution in [-0.4, -0.2) is 30.1 Å². The number of hydroxylamine groups is 1. The lowest BCUT2D eigenvalue weighted by molar-refractivity contribution is -0.126. The highest BCUT2D eigenvalue weighted by molar-refractivity contribution is 6.24. The number of benzene rings is 3. The van der Waals surface area contributed by atoms with Crippen LogP contribution in [-0.2, 0) is 14.4 Å². The number of fused-ring (bicyclic) bond motifs is 1. The van der Waals surface area contributed by atoms with Gasteiger partial charge in [0.1, 0.15) is 17.4 Å². The molecule has 3 aromatic rings. The van der Waals surface area contributed by atoms with Crippen molar-refractivity contribution >= 4 is 23.2 Å². The first-order chi connectivity index (χ1) is 15.1. The van der Waals surface area contributed by atoms with E-state index in [1.54, 1.807) is 53.6 Å². The zero-order valence-electron chi connectivity index (χ0n) is 16.7. The van der Waals surface area contributed by atoms with Gasteiger partial charge in [-0.1, -0.05) is 42.5 Å². The van der Waals surface area contributed by atoms with Gasteiger partial charge in [0.05, 0.1) is 24.5 Å². The van der Waals surface area contributed by atoms with E-state index in [4.69, 9.17) is 9.57 Å². The minimum atomic E-state index is -0.997. The molecule has 5 rings (SSSR count). The van der Waals surface area contributed by atoms with Crippen molar-refractivity contribution in [3.8, 4) is 11.5 Å². The van der Waals surface area contributed by atoms with E-state index < -0.39 is 24.0 Å². The summed E-state index contributed by atoms with van der Waals surface area (Å²) >= 11 is 0. The smallest absolute Gasteiger partial charge is 0.266 e. The number of nitrogens with zero attached hydrogens (tertiary/aromatic N) is 2. The number of imide groups is 1. The van der Waals surface area contributed by atoms with Crippen molar-refractivity contribution in [3.05, 3.63) is 84.4 Å². The number of anilines is 2. The van der Waals surface area contributed by atoms with E-state index in [0.29, 0.717) is 22.7 Å². The largest absolute Gasteiger partial charge is 0.508 e. The minimum absolute atomic E-state index is 0.0396.